The summed E-state index contributed by atoms with van der Waals surface area (Å²) in [5.41, 5.74) is 3.40. The molecule has 0 aliphatic carbocycles. The summed E-state index contributed by atoms with van der Waals surface area (Å²) in [6.07, 6.45) is 4.54. The van der Waals surface area contributed by atoms with Crippen LogP contribution in [0.3, 0.4) is 0 Å². The number of amides is 1. The summed E-state index contributed by atoms with van der Waals surface area (Å²) >= 11 is 0. The molecule has 0 saturated heterocycles. The molecule has 4 rings (SSSR count). The molecule has 0 bridgehead atoms. The Kier molecular flexibility index (Phi) is 4.52. The van der Waals surface area contributed by atoms with Gasteiger partial charge in [0.15, 0.2) is 5.82 Å². The Balaban J connectivity index is 1.61. The lowest BCUT2D eigenvalue weighted by atomic mass is 10.1. The van der Waals surface area contributed by atoms with E-state index in [0.717, 1.165) is 47.8 Å². The highest BCUT2D eigenvalue weighted by atomic mass is 16.1. The van der Waals surface area contributed by atoms with Crippen LogP contribution in [0.25, 0.3) is 11.4 Å². The zero-order valence-electron chi connectivity index (χ0n) is 14.9. The van der Waals surface area contributed by atoms with Gasteiger partial charge in [0.25, 0.3) is 5.91 Å². The van der Waals surface area contributed by atoms with Gasteiger partial charge >= 0.3 is 0 Å². The van der Waals surface area contributed by atoms with E-state index in [1.807, 2.05) is 55.5 Å². The van der Waals surface area contributed by atoms with Crippen LogP contribution in [0.1, 0.15) is 41.0 Å². The van der Waals surface area contributed by atoms with Gasteiger partial charge in [-0.15, -0.1) is 10.2 Å². The Labute approximate surface area is 153 Å². The van der Waals surface area contributed by atoms with Crippen LogP contribution < -0.4 is 5.32 Å². The van der Waals surface area contributed by atoms with E-state index in [0.29, 0.717) is 5.56 Å². The molecular formula is C21H22N4O. The first-order chi connectivity index (χ1) is 12.7. The maximum absolute atomic E-state index is 12.6. The molecule has 5 nitrogen and oxygen atoms in total. The molecular weight excluding hydrogens is 324 g/mol. The fourth-order valence-corrected chi connectivity index (χ4v) is 3.46. The Morgan fingerprint density at radius 1 is 1.04 bits per heavy atom. The molecule has 0 saturated carbocycles. The van der Waals surface area contributed by atoms with Gasteiger partial charge < -0.3 is 9.88 Å². The zero-order valence-corrected chi connectivity index (χ0v) is 14.9. The van der Waals surface area contributed by atoms with E-state index < -0.39 is 0 Å². The van der Waals surface area contributed by atoms with E-state index in [1.54, 1.807) is 0 Å². The van der Waals surface area contributed by atoms with Crippen molar-refractivity contribution in [1.29, 1.82) is 0 Å². The van der Waals surface area contributed by atoms with Gasteiger partial charge in [0.2, 0.25) is 0 Å². The lowest BCUT2D eigenvalue weighted by Crippen LogP contribution is -2.13. The molecule has 0 fully saturated rings. The Morgan fingerprint density at radius 2 is 1.92 bits per heavy atom. The van der Waals surface area contributed by atoms with Crippen molar-refractivity contribution in [3.63, 3.8) is 0 Å². The molecule has 1 amide bonds. The summed E-state index contributed by atoms with van der Waals surface area (Å²) in [7, 11) is 0. The standard InChI is InChI=1S/C21H22N4O/c1-15-8-4-5-11-18(15)21(26)22-17-10-7-9-16(14-17)20-24-23-19-12-3-2-6-13-25(19)20/h4-5,7-11,14H,2-3,6,12-13H2,1H3,(H,22,26). The molecule has 3 aromatic rings. The van der Waals surface area contributed by atoms with Crippen LogP contribution in [-0.4, -0.2) is 20.7 Å². The molecule has 132 valence electrons. The highest BCUT2D eigenvalue weighted by Gasteiger charge is 2.16. The minimum atomic E-state index is -0.0969. The number of carbonyl (C=O) groups excluding carboxylic acids is 1. The van der Waals surface area contributed by atoms with Crippen LogP contribution in [0.2, 0.25) is 0 Å². The Morgan fingerprint density at radius 3 is 2.81 bits per heavy atom. The molecule has 1 aliphatic rings. The largest absolute Gasteiger partial charge is 0.322 e. The van der Waals surface area contributed by atoms with Crippen molar-refractivity contribution in [2.24, 2.45) is 0 Å². The number of fused-ring (bicyclic) bond motifs is 1. The van der Waals surface area contributed by atoms with Crippen molar-refractivity contribution in [1.82, 2.24) is 14.8 Å². The van der Waals surface area contributed by atoms with E-state index >= 15 is 0 Å². The summed E-state index contributed by atoms with van der Waals surface area (Å²) in [6, 6.07) is 15.4. The van der Waals surface area contributed by atoms with Crippen molar-refractivity contribution < 1.29 is 4.79 Å². The molecule has 0 radical (unpaired) electrons. The summed E-state index contributed by atoms with van der Waals surface area (Å²) in [6.45, 7) is 2.90. The molecule has 1 N–H and O–H groups in total. The second-order valence-corrected chi connectivity index (χ2v) is 6.75. The molecule has 0 spiro atoms. The van der Waals surface area contributed by atoms with Gasteiger partial charge in [-0.2, -0.15) is 0 Å². The third-order valence-electron chi connectivity index (χ3n) is 4.88. The maximum atomic E-state index is 12.6. The molecule has 0 unspecified atom stereocenters. The van der Waals surface area contributed by atoms with Crippen LogP contribution in [0.15, 0.2) is 48.5 Å². The van der Waals surface area contributed by atoms with Crippen LogP contribution in [0.5, 0.6) is 0 Å². The number of hydrogen-bond donors (Lipinski definition) is 1. The number of nitrogens with one attached hydrogen (secondary N) is 1. The van der Waals surface area contributed by atoms with Crippen molar-refractivity contribution in [2.45, 2.75) is 39.2 Å². The van der Waals surface area contributed by atoms with Gasteiger partial charge in [-0.1, -0.05) is 36.8 Å². The highest BCUT2D eigenvalue weighted by Crippen LogP contribution is 2.25. The molecule has 1 aliphatic heterocycles. The number of benzene rings is 2. The minimum Gasteiger partial charge on any atom is -0.322 e. The van der Waals surface area contributed by atoms with Crippen LogP contribution in [0, 0.1) is 6.92 Å². The zero-order chi connectivity index (χ0) is 17.9. The molecule has 26 heavy (non-hydrogen) atoms. The Bertz CT molecular complexity index is 945. The van der Waals surface area contributed by atoms with E-state index in [9.17, 15) is 4.79 Å². The number of carbonyl (C=O) groups is 1. The number of hydrogen-bond acceptors (Lipinski definition) is 3. The fraction of sp³-hybridized carbons (Fsp3) is 0.286. The average molecular weight is 346 g/mol. The molecule has 2 aromatic carbocycles. The molecule has 5 heteroatoms. The topological polar surface area (TPSA) is 59.8 Å². The van der Waals surface area contributed by atoms with Crippen molar-refractivity contribution in [2.75, 3.05) is 5.32 Å². The van der Waals surface area contributed by atoms with E-state index in [1.165, 1.54) is 12.8 Å². The Hall–Kier alpha value is -2.95. The number of nitrogens with zero attached hydrogens (tertiary/aromatic N) is 3. The molecule has 0 atom stereocenters. The van der Waals surface area contributed by atoms with Gasteiger partial charge in [-0.25, -0.2) is 0 Å². The second kappa shape index (κ2) is 7.12. The first-order valence-electron chi connectivity index (χ1n) is 9.12. The smallest absolute Gasteiger partial charge is 0.255 e. The number of rotatable bonds is 3. The van der Waals surface area contributed by atoms with E-state index in [-0.39, 0.29) is 5.91 Å². The summed E-state index contributed by atoms with van der Waals surface area (Å²) < 4.78 is 2.22. The first kappa shape index (κ1) is 16.5. The third kappa shape index (κ3) is 3.25. The minimum absolute atomic E-state index is 0.0969. The molecule has 2 heterocycles. The van der Waals surface area contributed by atoms with Gasteiger partial charge in [-0.3, -0.25) is 4.79 Å². The predicted octanol–water partition coefficient (Wildman–Crippen LogP) is 4.23. The van der Waals surface area contributed by atoms with Crippen LogP contribution in [0.4, 0.5) is 5.69 Å². The second-order valence-electron chi connectivity index (χ2n) is 6.75. The lowest BCUT2D eigenvalue weighted by molar-refractivity contribution is 0.102. The van der Waals surface area contributed by atoms with Crippen molar-refractivity contribution in [3.8, 4) is 11.4 Å². The van der Waals surface area contributed by atoms with Crippen LogP contribution in [-0.2, 0) is 13.0 Å². The van der Waals surface area contributed by atoms with Gasteiger partial charge in [-0.05, 0) is 43.5 Å². The lowest BCUT2D eigenvalue weighted by Gasteiger charge is -2.10. The monoisotopic (exact) mass is 346 g/mol. The quantitative estimate of drug-likeness (QED) is 0.772. The van der Waals surface area contributed by atoms with Crippen LogP contribution >= 0.6 is 0 Å². The maximum Gasteiger partial charge on any atom is 0.255 e. The fourth-order valence-electron chi connectivity index (χ4n) is 3.46. The van der Waals surface area contributed by atoms with Crippen molar-refractivity contribution in [3.05, 3.63) is 65.5 Å². The number of aromatic nitrogens is 3. The third-order valence-corrected chi connectivity index (χ3v) is 4.88. The normalized spacial score (nSPS) is 13.7. The molecule has 1 aromatic heterocycles. The number of aryl methyl sites for hydroxylation is 2. The highest BCUT2D eigenvalue weighted by molar-refractivity contribution is 6.05. The van der Waals surface area contributed by atoms with E-state index in [4.69, 9.17) is 0 Å². The predicted molar refractivity (Wildman–Crippen MR) is 102 cm³/mol. The van der Waals surface area contributed by atoms with Gasteiger partial charge in [0.05, 0.1) is 0 Å². The van der Waals surface area contributed by atoms with E-state index in [2.05, 4.69) is 20.1 Å². The van der Waals surface area contributed by atoms with Crippen molar-refractivity contribution >= 4 is 11.6 Å². The summed E-state index contributed by atoms with van der Waals surface area (Å²) in [5, 5.41) is 11.8. The average Bonchev–Trinajstić information content (AvgIpc) is 2.91. The summed E-state index contributed by atoms with van der Waals surface area (Å²) in [5.74, 6) is 1.85. The SMILES string of the molecule is Cc1ccccc1C(=O)Nc1cccc(-c2nnc3n2CCCCC3)c1. The van der Waals surface area contributed by atoms with Gasteiger partial charge in [0, 0.05) is 29.8 Å². The first-order valence-corrected chi connectivity index (χ1v) is 9.12. The number of anilines is 1. The van der Waals surface area contributed by atoms with Gasteiger partial charge in [0.1, 0.15) is 5.82 Å². The summed E-state index contributed by atoms with van der Waals surface area (Å²) in [4.78, 5) is 12.6.